The van der Waals surface area contributed by atoms with Gasteiger partial charge >= 0.3 is 0 Å². The highest BCUT2D eigenvalue weighted by molar-refractivity contribution is 7.26. The molecule has 8 aromatic carbocycles. The van der Waals surface area contributed by atoms with Crippen molar-refractivity contribution in [2.45, 2.75) is 0 Å². The van der Waals surface area contributed by atoms with Gasteiger partial charge in [0, 0.05) is 63.5 Å². The fourth-order valence-electron chi connectivity index (χ4n) is 8.00. The monoisotopic (exact) mass is 698 g/mol. The third-order valence-electron chi connectivity index (χ3n) is 10.4. The molecule has 2 nitrogen and oxygen atoms in total. The Kier molecular flexibility index (Phi) is 6.63. The molecule has 0 saturated carbocycles. The Morgan fingerprint density at radius 3 is 1.81 bits per heavy atom. The van der Waals surface area contributed by atoms with Gasteiger partial charge in [-0.1, -0.05) is 109 Å². The molecule has 0 spiro atoms. The Bertz CT molecular complexity index is 3130. The number of fused-ring (bicyclic) bond motifs is 9. The molecule has 0 unspecified atom stereocenters. The van der Waals surface area contributed by atoms with Gasteiger partial charge in [-0.2, -0.15) is 0 Å². The molecule has 0 amide bonds. The maximum atomic E-state index is 2.45. The standard InChI is InChI=1S/C48H30N2S2/c1-2-11-33(12-3-1)50-42-17-7-4-13-36(42)41-30-35(26-28-43(41)50)49(44-18-10-16-40-38-15-6-9-20-46(38)52-48(40)44)34-24-21-31(22-25-34)32-23-27-39-37-14-5-8-19-45(37)51-47(39)29-32/h1-30H. The van der Waals surface area contributed by atoms with Crippen molar-refractivity contribution < 1.29 is 0 Å². The maximum Gasteiger partial charge on any atom is 0.0640 e. The van der Waals surface area contributed by atoms with E-state index in [2.05, 4.69) is 191 Å². The molecular formula is C48H30N2S2. The maximum absolute atomic E-state index is 2.45. The van der Waals surface area contributed by atoms with Crippen LogP contribution in [0.1, 0.15) is 0 Å². The molecule has 11 aromatic rings. The molecule has 244 valence electrons. The van der Waals surface area contributed by atoms with Gasteiger partial charge in [0.2, 0.25) is 0 Å². The fourth-order valence-corrected chi connectivity index (χ4v) is 10.4. The van der Waals surface area contributed by atoms with Crippen LogP contribution in [0.25, 0.3) is 79.0 Å². The van der Waals surface area contributed by atoms with Gasteiger partial charge < -0.3 is 9.47 Å². The van der Waals surface area contributed by atoms with E-state index in [0.717, 1.165) is 17.1 Å². The first kappa shape index (κ1) is 29.5. The Morgan fingerprint density at radius 2 is 0.981 bits per heavy atom. The smallest absolute Gasteiger partial charge is 0.0640 e. The lowest BCUT2D eigenvalue weighted by Gasteiger charge is -2.26. The van der Waals surface area contributed by atoms with Crippen LogP contribution in [0.3, 0.4) is 0 Å². The van der Waals surface area contributed by atoms with E-state index in [1.807, 2.05) is 22.7 Å². The zero-order valence-corrected chi connectivity index (χ0v) is 29.7. The summed E-state index contributed by atoms with van der Waals surface area (Å²) in [6.45, 7) is 0. The molecule has 0 atom stereocenters. The average molecular weight is 699 g/mol. The third-order valence-corrected chi connectivity index (χ3v) is 12.7. The van der Waals surface area contributed by atoms with Crippen LogP contribution in [0.5, 0.6) is 0 Å². The van der Waals surface area contributed by atoms with Gasteiger partial charge in [0.15, 0.2) is 0 Å². The van der Waals surface area contributed by atoms with E-state index in [4.69, 9.17) is 0 Å². The number of para-hydroxylation sites is 2. The molecule has 0 N–H and O–H groups in total. The van der Waals surface area contributed by atoms with Crippen LogP contribution in [0, 0.1) is 0 Å². The number of benzene rings is 8. The largest absolute Gasteiger partial charge is 0.309 e. The first-order chi connectivity index (χ1) is 25.8. The molecule has 0 aliphatic heterocycles. The number of nitrogens with zero attached hydrogens (tertiary/aromatic N) is 2. The van der Waals surface area contributed by atoms with E-state index in [-0.39, 0.29) is 0 Å². The van der Waals surface area contributed by atoms with Gasteiger partial charge in [-0.25, -0.2) is 0 Å². The number of aromatic nitrogens is 1. The Morgan fingerprint density at radius 1 is 0.365 bits per heavy atom. The third kappa shape index (κ3) is 4.55. The normalized spacial score (nSPS) is 11.8. The zero-order valence-electron chi connectivity index (χ0n) is 28.0. The van der Waals surface area contributed by atoms with Crippen molar-refractivity contribution >= 4 is 102 Å². The lowest BCUT2D eigenvalue weighted by Crippen LogP contribution is -2.10. The van der Waals surface area contributed by atoms with Crippen LogP contribution in [0.15, 0.2) is 182 Å². The second-order valence-electron chi connectivity index (χ2n) is 13.3. The molecule has 3 heterocycles. The second-order valence-corrected chi connectivity index (χ2v) is 15.5. The van der Waals surface area contributed by atoms with Crippen LogP contribution in [-0.4, -0.2) is 4.57 Å². The molecule has 0 radical (unpaired) electrons. The first-order valence-electron chi connectivity index (χ1n) is 17.6. The minimum atomic E-state index is 1.13. The average Bonchev–Trinajstić information content (AvgIpc) is 3.88. The highest BCUT2D eigenvalue weighted by atomic mass is 32.1. The minimum absolute atomic E-state index is 1.13. The van der Waals surface area contributed by atoms with E-state index in [1.165, 1.54) is 79.0 Å². The van der Waals surface area contributed by atoms with Crippen molar-refractivity contribution in [2.24, 2.45) is 0 Å². The molecule has 11 rings (SSSR count). The molecule has 52 heavy (non-hydrogen) atoms. The Labute approximate surface area is 308 Å². The van der Waals surface area contributed by atoms with Crippen molar-refractivity contribution in [3.05, 3.63) is 182 Å². The lowest BCUT2D eigenvalue weighted by atomic mass is 10.0. The summed E-state index contributed by atoms with van der Waals surface area (Å²) >= 11 is 3.74. The molecule has 0 bridgehead atoms. The first-order valence-corrected chi connectivity index (χ1v) is 19.2. The molecule has 4 heteroatoms. The van der Waals surface area contributed by atoms with Gasteiger partial charge in [-0.05, 0) is 83.9 Å². The second kappa shape index (κ2) is 11.7. The van der Waals surface area contributed by atoms with E-state index in [0.29, 0.717) is 0 Å². The molecule has 3 aromatic heterocycles. The number of thiophene rings is 2. The van der Waals surface area contributed by atoms with Gasteiger partial charge in [-0.15, -0.1) is 22.7 Å². The number of hydrogen-bond acceptors (Lipinski definition) is 3. The summed E-state index contributed by atoms with van der Waals surface area (Å²) in [7, 11) is 0. The Balaban J connectivity index is 1.10. The highest BCUT2D eigenvalue weighted by Gasteiger charge is 2.20. The van der Waals surface area contributed by atoms with E-state index in [9.17, 15) is 0 Å². The number of hydrogen-bond donors (Lipinski definition) is 0. The van der Waals surface area contributed by atoms with E-state index < -0.39 is 0 Å². The summed E-state index contributed by atoms with van der Waals surface area (Å²) < 4.78 is 7.63. The summed E-state index contributed by atoms with van der Waals surface area (Å²) in [5, 5.41) is 7.73. The van der Waals surface area contributed by atoms with Crippen LogP contribution >= 0.6 is 22.7 Å². The Hall–Kier alpha value is -6.20. The summed E-state index contributed by atoms with van der Waals surface area (Å²) in [5.74, 6) is 0. The zero-order chi connectivity index (χ0) is 34.2. The summed E-state index contributed by atoms with van der Waals surface area (Å²) in [4.78, 5) is 2.45. The van der Waals surface area contributed by atoms with Crippen molar-refractivity contribution in [1.29, 1.82) is 0 Å². The van der Waals surface area contributed by atoms with Gasteiger partial charge in [0.05, 0.1) is 21.4 Å². The highest BCUT2D eigenvalue weighted by Crippen LogP contribution is 2.46. The van der Waals surface area contributed by atoms with Crippen LogP contribution in [0.2, 0.25) is 0 Å². The van der Waals surface area contributed by atoms with Crippen LogP contribution in [0.4, 0.5) is 17.1 Å². The summed E-state index contributed by atoms with van der Waals surface area (Å²) in [5.41, 5.74) is 9.46. The fraction of sp³-hybridized carbons (Fsp3) is 0. The summed E-state index contributed by atoms with van der Waals surface area (Å²) in [6.07, 6.45) is 0. The van der Waals surface area contributed by atoms with Gasteiger partial charge in [0.25, 0.3) is 0 Å². The van der Waals surface area contributed by atoms with E-state index in [1.54, 1.807) is 0 Å². The predicted octanol–water partition coefficient (Wildman–Crippen LogP) is 14.7. The van der Waals surface area contributed by atoms with E-state index >= 15 is 0 Å². The quantitative estimate of drug-likeness (QED) is 0.174. The summed E-state index contributed by atoms with van der Waals surface area (Å²) in [6, 6.07) is 66.7. The van der Waals surface area contributed by atoms with Crippen molar-refractivity contribution in [3.8, 4) is 16.8 Å². The van der Waals surface area contributed by atoms with Crippen LogP contribution in [-0.2, 0) is 0 Å². The van der Waals surface area contributed by atoms with Crippen molar-refractivity contribution in [1.82, 2.24) is 4.57 Å². The number of rotatable bonds is 5. The molecule has 0 fully saturated rings. The van der Waals surface area contributed by atoms with Crippen molar-refractivity contribution in [3.63, 3.8) is 0 Å². The molecule has 0 aliphatic rings. The topological polar surface area (TPSA) is 8.17 Å². The van der Waals surface area contributed by atoms with Gasteiger partial charge in [-0.3, -0.25) is 0 Å². The van der Waals surface area contributed by atoms with Crippen LogP contribution < -0.4 is 4.90 Å². The van der Waals surface area contributed by atoms with Crippen molar-refractivity contribution in [2.75, 3.05) is 4.90 Å². The molecule has 0 saturated heterocycles. The van der Waals surface area contributed by atoms with Gasteiger partial charge in [0.1, 0.15) is 0 Å². The number of anilines is 3. The molecule has 0 aliphatic carbocycles. The molecular weight excluding hydrogens is 669 g/mol. The minimum Gasteiger partial charge on any atom is -0.309 e. The SMILES string of the molecule is c1ccc(-n2c3ccccc3c3cc(N(c4ccc(-c5ccc6c(c5)sc5ccccc56)cc4)c4cccc5c4sc4ccccc45)ccc32)cc1. The predicted molar refractivity (Wildman–Crippen MR) is 227 cm³/mol. The lowest BCUT2D eigenvalue weighted by molar-refractivity contribution is 1.18.